The number of ether oxygens (including phenoxy) is 2. The van der Waals surface area contributed by atoms with Crippen LogP contribution in [-0.4, -0.2) is 29.8 Å². The van der Waals surface area contributed by atoms with E-state index in [1.807, 2.05) is 0 Å². The van der Waals surface area contributed by atoms with Crippen molar-refractivity contribution in [2.45, 2.75) is 20.4 Å². The van der Waals surface area contributed by atoms with E-state index in [-0.39, 0.29) is 0 Å². The van der Waals surface area contributed by atoms with Crippen LogP contribution in [0.25, 0.3) is 0 Å². The maximum atomic E-state index is 5.51. The highest BCUT2D eigenvalue weighted by Crippen LogP contribution is 2.09. The fourth-order valence-corrected chi connectivity index (χ4v) is 1.13. The van der Waals surface area contributed by atoms with E-state index < -0.39 is 0 Å². The maximum absolute atomic E-state index is 5.51. The second kappa shape index (κ2) is 7.14. The summed E-state index contributed by atoms with van der Waals surface area (Å²) in [4.78, 5) is 8.13. The van der Waals surface area contributed by atoms with Gasteiger partial charge >= 0.3 is 0 Å². The number of rotatable bonds is 7. The Kier molecular flexibility index (Phi) is 5.74. The lowest BCUT2D eigenvalue weighted by molar-refractivity contribution is 0.0801. The van der Waals surface area contributed by atoms with Gasteiger partial charge < -0.3 is 15.2 Å². The van der Waals surface area contributed by atoms with Crippen molar-refractivity contribution >= 4 is 0 Å². The van der Waals surface area contributed by atoms with E-state index in [1.54, 1.807) is 12.4 Å². The average Bonchev–Trinajstić information content (AvgIpc) is 2.29. The predicted octanol–water partition coefficient (Wildman–Crippen LogP) is 0.987. The van der Waals surface area contributed by atoms with Crippen LogP contribution < -0.4 is 10.5 Å². The van der Waals surface area contributed by atoms with Crippen molar-refractivity contribution in [2.24, 2.45) is 11.7 Å². The van der Waals surface area contributed by atoms with Gasteiger partial charge in [-0.3, -0.25) is 4.98 Å². The zero-order valence-electron chi connectivity index (χ0n) is 9.85. The highest BCUT2D eigenvalue weighted by atomic mass is 16.5. The van der Waals surface area contributed by atoms with Gasteiger partial charge in [-0.1, -0.05) is 13.8 Å². The molecule has 1 heterocycles. The molecule has 0 atom stereocenters. The molecule has 0 aromatic carbocycles. The molecule has 90 valence electrons. The monoisotopic (exact) mass is 225 g/mol. The van der Waals surface area contributed by atoms with E-state index in [0.29, 0.717) is 37.3 Å². The summed E-state index contributed by atoms with van der Waals surface area (Å²) in [5.41, 5.74) is 6.18. The molecule has 0 unspecified atom stereocenters. The number of hydrogen-bond acceptors (Lipinski definition) is 5. The largest absolute Gasteiger partial charge is 0.474 e. The van der Waals surface area contributed by atoms with Gasteiger partial charge in [-0.05, 0) is 5.92 Å². The van der Waals surface area contributed by atoms with Gasteiger partial charge in [0.05, 0.1) is 6.61 Å². The topological polar surface area (TPSA) is 70.3 Å². The third-order valence-electron chi connectivity index (χ3n) is 1.85. The molecule has 2 N–H and O–H groups in total. The van der Waals surface area contributed by atoms with Crippen molar-refractivity contribution < 1.29 is 9.47 Å². The van der Waals surface area contributed by atoms with E-state index >= 15 is 0 Å². The lowest BCUT2D eigenvalue weighted by atomic mass is 10.2. The van der Waals surface area contributed by atoms with Crippen molar-refractivity contribution in [1.29, 1.82) is 0 Å². The summed E-state index contributed by atoms with van der Waals surface area (Å²) in [5.74, 6) is 1.04. The summed E-state index contributed by atoms with van der Waals surface area (Å²) >= 11 is 0. The van der Waals surface area contributed by atoms with Gasteiger partial charge in [0.15, 0.2) is 0 Å². The molecule has 5 heteroatoms. The molecule has 0 saturated carbocycles. The number of nitrogens with zero attached hydrogens (tertiary/aromatic N) is 2. The van der Waals surface area contributed by atoms with Gasteiger partial charge in [-0.15, -0.1) is 0 Å². The minimum atomic E-state index is 0.329. The quantitative estimate of drug-likeness (QED) is 0.701. The molecule has 0 aliphatic rings. The van der Waals surface area contributed by atoms with Crippen molar-refractivity contribution in [3.63, 3.8) is 0 Å². The van der Waals surface area contributed by atoms with Gasteiger partial charge in [0.2, 0.25) is 5.88 Å². The van der Waals surface area contributed by atoms with Crippen LogP contribution in [0.2, 0.25) is 0 Å². The summed E-state index contributed by atoms with van der Waals surface area (Å²) in [5, 5.41) is 0. The lowest BCUT2D eigenvalue weighted by Crippen LogP contribution is -2.13. The molecule has 0 radical (unpaired) electrons. The molecule has 0 bridgehead atoms. The Hall–Kier alpha value is -1.20. The van der Waals surface area contributed by atoms with Crippen molar-refractivity contribution in [3.8, 4) is 5.88 Å². The molecule has 0 spiro atoms. The molecular weight excluding hydrogens is 206 g/mol. The molecule has 0 aliphatic carbocycles. The van der Waals surface area contributed by atoms with Crippen LogP contribution in [-0.2, 0) is 11.3 Å². The smallest absolute Gasteiger partial charge is 0.237 e. The van der Waals surface area contributed by atoms with Crippen LogP contribution >= 0.6 is 0 Å². The van der Waals surface area contributed by atoms with Gasteiger partial charge in [-0.25, -0.2) is 4.98 Å². The Morgan fingerprint density at radius 3 is 2.69 bits per heavy atom. The molecule has 1 aromatic heterocycles. The first-order valence-electron chi connectivity index (χ1n) is 5.44. The van der Waals surface area contributed by atoms with Crippen molar-refractivity contribution in [1.82, 2.24) is 9.97 Å². The minimum Gasteiger partial charge on any atom is -0.474 e. The molecule has 5 nitrogen and oxygen atoms in total. The highest BCUT2D eigenvalue weighted by molar-refractivity contribution is 5.16. The maximum Gasteiger partial charge on any atom is 0.237 e. The fraction of sp³-hybridized carbons (Fsp3) is 0.636. The summed E-state index contributed by atoms with van der Waals surface area (Å²) in [6, 6.07) is 0. The summed E-state index contributed by atoms with van der Waals surface area (Å²) < 4.78 is 10.8. The second-order valence-corrected chi connectivity index (χ2v) is 3.83. The van der Waals surface area contributed by atoms with Crippen LogP contribution in [0.5, 0.6) is 5.88 Å². The second-order valence-electron chi connectivity index (χ2n) is 3.83. The number of nitrogens with two attached hydrogens (primary N) is 1. The van der Waals surface area contributed by atoms with E-state index in [4.69, 9.17) is 15.2 Å². The molecule has 1 rings (SSSR count). The molecule has 16 heavy (non-hydrogen) atoms. The lowest BCUT2D eigenvalue weighted by Gasteiger charge is -2.09. The van der Waals surface area contributed by atoms with Crippen LogP contribution in [0.15, 0.2) is 12.4 Å². The van der Waals surface area contributed by atoms with Crippen LogP contribution in [0.4, 0.5) is 0 Å². The summed E-state index contributed by atoms with van der Waals surface area (Å²) in [6.07, 6.45) is 3.19. The first-order chi connectivity index (χ1) is 7.74. The third-order valence-corrected chi connectivity index (χ3v) is 1.85. The number of hydrogen-bond donors (Lipinski definition) is 1. The number of aromatic nitrogens is 2. The Morgan fingerprint density at radius 2 is 2.00 bits per heavy atom. The van der Waals surface area contributed by atoms with E-state index in [1.165, 1.54) is 0 Å². The Balaban J connectivity index is 2.26. The normalized spacial score (nSPS) is 10.8. The highest BCUT2D eigenvalue weighted by Gasteiger charge is 2.03. The van der Waals surface area contributed by atoms with Crippen LogP contribution in [0, 0.1) is 5.92 Å². The van der Waals surface area contributed by atoms with Crippen LogP contribution in [0.1, 0.15) is 19.5 Å². The summed E-state index contributed by atoms with van der Waals surface area (Å²) in [7, 11) is 0. The Morgan fingerprint density at radius 1 is 1.25 bits per heavy atom. The van der Waals surface area contributed by atoms with Gasteiger partial charge in [0, 0.05) is 25.5 Å². The minimum absolute atomic E-state index is 0.329. The van der Waals surface area contributed by atoms with Gasteiger partial charge in [0.1, 0.15) is 12.3 Å². The Bertz CT molecular complexity index is 305. The molecule has 0 fully saturated rings. The first-order valence-corrected chi connectivity index (χ1v) is 5.44. The molecular formula is C11H19N3O2. The van der Waals surface area contributed by atoms with E-state index in [9.17, 15) is 0 Å². The Labute approximate surface area is 96.0 Å². The standard InChI is InChI=1S/C11H19N3O2/c1-9(2)8-15-5-6-16-11-10(7-12)13-3-4-14-11/h3-4,9H,5-8,12H2,1-2H3. The average molecular weight is 225 g/mol. The first kappa shape index (κ1) is 12.9. The van der Waals surface area contributed by atoms with E-state index in [0.717, 1.165) is 6.61 Å². The van der Waals surface area contributed by atoms with Gasteiger partial charge in [0.25, 0.3) is 0 Å². The SMILES string of the molecule is CC(C)COCCOc1nccnc1CN. The zero-order valence-corrected chi connectivity index (χ0v) is 9.85. The van der Waals surface area contributed by atoms with E-state index in [2.05, 4.69) is 23.8 Å². The van der Waals surface area contributed by atoms with Gasteiger partial charge in [-0.2, -0.15) is 0 Å². The zero-order chi connectivity index (χ0) is 11.8. The van der Waals surface area contributed by atoms with Crippen molar-refractivity contribution in [2.75, 3.05) is 19.8 Å². The molecule has 0 saturated heterocycles. The molecule has 0 aliphatic heterocycles. The van der Waals surface area contributed by atoms with Crippen molar-refractivity contribution in [3.05, 3.63) is 18.1 Å². The predicted molar refractivity (Wildman–Crippen MR) is 61.1 cm³/mol. The fourth-order valence-electron chi connectivity index (χ4n) is 1.13. The molecule has 0 amide bonds. The molecule has 1 aromatic rings. The van der Waals surface area contributed by atoms with Crippen LogP contribution in [0.3, 0.4) is 0 Å². The summed E-state index contributed by atoms with van der Waals surface area (Å²) in [6.45, 7) is 6.31. The third kappa shape index (κ3) is 4.55.